The summed E-state index contributed by atoms with van der Waals surface area (Å²) in [6.45, 7) is 2.63. The summed E-state index contributed by atoms with van der Waals surface area (Å²) in [6.07, 6.45) is 4.54. The quantitative estimate of drug-likeness (QED) is 0.822. The third-order valence-corrected chi connectivity index (χ3v) is 5.18. The molecule has 18 heavy (non-hydrogen) atoms. The van der Waals surface area contributed by atoms with Gasteiger partial charge in [0.05, 0.1) is 5.69 Å². The van der Waals surface area contributed by atoms with Gasteiger partial charge in [-0.25, -0.2) is 13.1 Å². The van der Waals surface area contributed by atoms with Crippen molar-refractivity contribution in [2.24, 2.45) is 5.41 Å². The Hall–Kier alpha value is -1.07. The second-order valence-corrected chi connectivity index (χ2v) is 7.12. The number of hydrogen-bond acceptors (Lipinski definition) is 3. The Balaban J connectivity index is 2.11. The largest absolute Gasteiger partial charge is 0.398 e. The molecule has 5 heteroatoms. The van der Waals surface area contributed by atoms with E-state index in [1.54, 1.807) is 18.2 Å². The number of benzene rings is 1. The first-order chi connectivity index (χ1) is 8.43. The molecule has 3 N–H and O–H groups in total. The number of nitrogens with two attached hydrogens (primary N) is 1. The Morgan fingerprint density at radius 1 is 1.28 bits per heavy atom. The fourth-order valence-electron chi connectivity index (χ4n) is 2.48. The lowest BCUT2D eigenvalue weighted by Crippen LogP contribution is -2.34. The van der Waals surface area contributed by atoms with E-state index in [0.717, 1.165) is 12.8 Å². The van der Waals surface area contributed by atoms with Crippen LogP contribution in [0.3, 0.4) is 0 Å². The molecule has 1 saturated carbocycles. The van der Waals surface area contributed by atoms with E-state index in [4.69, 9.17) is 5.73 Å². The Morgan fingerprint density at radius 2 is 1.89 bits per heavy atom. The Kier molecular flexibility index (Phi) is 3.64. The van der Waals surface area contributed by atoms with Gasteiger partial charge in [-0.05, 0) is 30.4 Å². The number of rotatable bonds is 4. The molecule has 0 atom stereocenters. The van der Waals surface area contributed by atoms with Crippen molar-refractivity contribution in [3.8, 4) is 0 Å². The first-order valence-electron chi connectivity index (χ1n) is 6.27. The van der Waals surface area contributed by atoms with Gasteiger partial charge < -0.3 is 5.73 Å². The van der Waals surface area contributed by atoms with Gasteiger partial charge in [-0.3, -0.25) is 0 Å². The SMILES string of the molecule is CC1(CNS(=O)(=O)c2ccccc2N)CCCC1. The molecule has 1 aromatic carbocycles. The van der Waals surface area contributed by atoms with E-state index in [-0.39, 0.29) is 10.3 Å². The van der Waals surface area contributed by atoms with Gasteiger partial charge in [-0.1, -0.05) is 31.9 Å². The van der Waals surface area contributed by atoms with E-state index in [0.29, 0.717) is 12.2 Å². The van der Waals surface area contributed by atoms with Gasteiger partial charge in [-0.15, -0.1) is 0 Å². The standard InChI is InChI=1S/C13H20N2O2S/c1-13(8-4-5-9-13)10-15-18(16,17)12-7-3-2-6-11(12)14/h2-3,6-7,15H,4-5,8-10,14H2,1H3. The van der Waals surface area contributed by atoms with Crippen molar-refractivity contribution in [1.82, 2.24) is 4.72 Å². The van der Waals surface area contributed by atoms with Crippen molar-refractivity contribution in [2.75, 3.05) is 12.3 Å². The van der Waals surface area contributed by atoms with Crippen LogP contribution in [0.1, 0.15) is 32.6 Å². The predicted octanol–water partition coefficient (Wildman–Crippen LogP) is 2.13. The zero-order valence-corrected chi connectivity index (χ0v) is 11.5. The maximum absolute atomic E-state index is 12.2. The summed E-state index contributed by atoms with van der Waals surface area (Å²) < 4.78 is 27.0. The molecule has 0 aliphatic heterocycles. The molecular weight excluding hydrogens is 248 g/mol. The van der Waals surface area contributed by atoms with Gasteiger partial charge >= 0.3 is 0 Å². The molecule has 1 fully saturated rings. The fourth-order valence-corrected chi connectivity index (χ4v) is 3.81. The highest BCUT2D eigenvalue weighted by Crippen LogP contribution is 2.37. The van der Waals surface area contributed by atoms with Crippen LogP contribution in [0.5, 0.6) is 0 Å². The molecule has 0 heterocycles. The summed E-state index contributed by atoms with van der Waals surface area (Å²) in [5.74, 6) is 0. The molecule has 0 bridgehead atoms. The van der Waals surface area contributed by atoms with Crippen molar-refractivity contribution in [3.63, 3.8) is 0 Å². The minimum absolute atomic E-state index is 0.0939. The first kappa shape index (κ1) is 13.4. The lowest BCUT2D eigenvalue weighted by atomic mass is 9.89. The summed E-state index contributed by atoms with van der Waals surface area (Å²) >= 11 is 0. The average molecular weight is 268 g/mol. The van der Waals surface area contributed by atoms with Gasteiger partial charge in [0.2, 0.25) is 10.0 Å². The van der Waals surface area contributed by atoms with E-state index < -0.39 is 10.0 Å². The van der Waals surface area contributed by atoms with E-state index in [1.165, 1.54) is 18.9 Å². The second-order valence-electron chi connectivity index (χ2n) is 5.38. The van der Waals surface area contributed by atoms with Gasteiger partial charge in [0, 0.05) is 6.54 Å². The maximum atomic E-state index is 12.2. The lowest BCUT2D eigenvalue weighted by molar-refractivity contribution is 0.336. The third kappa shape index (κ3) is 2.84. The topological polar surface area (TPSA) is 72.2 Å². The summed E-state index contributed by atoms with van der Waals surface area (Å²) in [6, 6.07) is 6.55. The highest BCUT2D eigenvalue weighted by molar-refractivity contribution is 7.89. The molecule has 0 spiro atoms. The van der Waals surface area contributed by atoms with Crippen molar-refractivity contribution in [1.29, 1.82) is 0 Å². The van der Waals surface area contributed by atoms with Crippen molar-refractivity contribution >= 4 is 15.7 Å². The predicted molar refractivity (Wildman–Crippen MR) is 72.6 cm³/mol. The van der Waals surface area contributed by atoms with Crippen LogP contribution in [0, 0.1) is 5.41 Å². The van der Waals surface area contributed by atoms with Gasteiger partial charge in [0.1, 0.15) is 4.90 Å². The fraction of sp³-hybridized carbons (Fsp3) is 0.538. The van der Waals surface area contributed by atoms with Crippen LogP contribution in [0.4, 0.5) is 5.69 Å². The minimum Gasteiger partial charge on any atom is -0.398 e. The van der Waals surface area contributed by atoms with E-state index in [9.17, 15) is 8.42 Å². The molecule has 1 aliphatic carbocycles. The molecule has 2 rings (SSSR count). The lowest BCUT2D eigenvalue weighted by Gasteiger charge is -2.23. The average Bonchev–Trinajstić information content (AvgIpc) is 2.75. The number of nitrogens with one attached hydrogen (secondary N) is 1. The maximum Gasteiger partial charge on any atom is 0.242 e. The van der Waals surface area contributed by atoms with Crippen LogP contribution in [0.25, 0.3) is 0 Å². The normalized spacial score (nSPS) is 18.9. The smallest absolute Gasteiger partial charge is 0.242 e. The van der Waals surface area contributed by atoms with Crippen LogP contribution in [0.15, 0.2) is 29.2 Å². The molecule has 4 nitrogen and oxygen atoms in total. The molecule has 0 unspecified atom stereocenters. The minimum atomic E-state index is -3.49. The molecule has 100 valence electrons. The van der Waals surface area contributed by atoms with Gasteiger partial charge in [-0.2, -0.15) is 0 Å². The van der Waals surface area contributed by atoms with Crippen LogP contribution < -0.4 is 10.5 Å². The molecule has 0 radical (unpaired) electrons. The van der Waals surface area contributed by atoms with Crippen molar-refractivity contribution < 1.29 is 8.42 Å². The van der Waals surface area contributed by atoms with E-state index in [2.05, 4.69) is 11.6 Å². The Bertz CT molecular complexity index is 520. The highest BCUT2D eigenvalue weighted by atomic mass is 32.2. The monoisotopic (exact) mass is 268 g/mol. The number of para-hydroxylation sites is 1. The van der Waals surface area contributed by atoms with Crippen LogP contribution >= 0.6 is 0 Å². The summed E-state index contributed by atoms with van der Waals surface area (Å²) in [7, 11) is -3.49. The molecule has 1 aromatic rings. The number of anilines is 1. The highest BCUT2D eigenvalue weighted by Gasteiger charge is 2.30. The second kappa shape index (κ2) is 4.90. The molecule has 0 amide bonds. The summed E-state index contributed by atoms with van der Waals surface area (Å²) in [5, 5.41) is 0. The van der Waals surface area contributed by atoms with E-state index >= 15 is 0 Å². The molecule has 0 saturated heterocycles. The van der Waals surface area contributed by atoms with Crippen molar-refractivity contribution in [3.05, 3.63) is 24.3 Å². The van der Waals surface area contributed by atoms with Gasteiger partial charge in [0.15, 0.2) is 0 Å². The van der Waals surface area contributed by atoms with E-state index in [1.807, 2.05) is 0 Å². The molecule has 1 aliphatic rings. The molecular formula is C13H20N2O2S. The van der Waals surface area contributed by atoms with Crippen LogP contribution in [-0.2, 0) is 10.0 Å². The summed E-state index contributed by atoms with van der Waals surface area (Å²) in [5.41, 5.74) is 6.09. The number of hydrogen-bond donors (Lipinski definition) is 2. The third-order valence-electron chi connectivity index (χ3n) is 3.71. The first-order valence-corrected chi connectivity index (χ1v) is 7.75. The van der Waals surface area contributed by atoms with Crippen LogP contribution in [0.2, 0.25) is 0 Å². The number of sulfonamides is 1. The zero-order valence-electron chi connectivity index (χ0n) is 10.6. The summed E-state index contributed by atoms with van der Waals surface area (Å²) in [4.78, 5) is 0.173. The van der Waals surface area contributed by atoms with Crippen LogP contribution in [-0.4, -0.2) is 15.0 Å². The van der Waals surface area contributed by atoms with Gasteiger partial charge in [0.25, 0.3) is 0 Å². The zero-order chi connectivity index (χ0) is 13.2. The van der Waals surface area contributed by atoms with Crippen molar-refractivity contribution in [2.45, 2.75) is 37.5 Å². The Morgan fingerprint density at radius 3 is 2.50 bits per heavy atom. The Labute approximate surface area is 109 Å². The number of nitrogen functional groups attached to an aromatic ring is 1. The molecule has 0 aromatic heterocycles.